The largest absolute Gasteiger partial charge is 0.431 e. The highest BCUT2D eigenvalue weighted by Crippen LogP contribution is 2.26. The van der Waals surface area contributed by atoms with Gasteiger partial charge < -0.3 is 9.15 Å². The summed E-state index contributed by atoms with van der Waals surface area (Å²) in [7, 11) is 1.21. The van der Waals surface area contributed by atoms with E-state index < -0.39 is 10.0 Å². The van der Waals surface area contributed by atoms with Crippen molar-refractivity contribution in [1.82, 2.24) is 9.29 Å². The molecular weight excluding hydrogens is 312 g/mol. The number of nitrogens with zero attached hydrogens (tertiary/aromatic N) is 2. The number of oxazole rings is 1. The third-order valence-electron chi connectivity index (χ3n) is 2.84. The van der Waals surface area contributed by atoms with E-state index in [9.17, 15) is 8.42 Å². The molecule has 0 aliphatic carbocycles. The molecule has 8 heteroatoms. The molecule has 0 fully saturated rings. The molecule has 2 rings (SSSR count). The molecule has 116 valence electrons. The van der Waals surface area contributed by atoms with Gasteiger partial charge in [0.1, 0.15) is 5.52 Å². The Morgan fingerprint density at radius 3 is 2.81 bits per heavy atom. The van der Waals surface area contributed by atoms with Gasteiger partial charge in [-0.3, -0.25) is 0 Å². The van der Waals surface area contributed by atoms with Crippen molar-refractivity contribution in [2.45, 2.75) is 16.5 Å². The highest BCUT2D eigenvalue weighted by molar-refractivity contribution is 7.99. The Hall–Kier alpha value is -1.09. The minimum atomic E-state index is -3.46. The summed E-state index contributed by atoms with van der Waals surface area (Å²) in [6.07, 6.45) is 0.903. The molecule has 0 bridgehead atoms. The summed E-state index contributed by atoms with van der Waals surface area (Å²) >= 11 is 1.49. The number of sulfonamides is 1. The van der Waals surface area contributed by atoms with Crippen LogP contribution >= 0.6 is 11.8 Å². The summed E-state index contributed by atoms with van der Waals surface area (Å²) < 4.78 is 35.9. The van der Waals surface area contributed by atoms with Crippen LogP contribution in [0, 0.1) is 0 Å². The Morgan fingerprint density at radius 1 is 1.38 bits per heavy atom. The van der Waals surface area contributed by atoms with E-state index in [1.165, 1.54) is 42.3 Å². The van der Waals surface area contributed by atoms with Gasteiger partial charge in [-0.2, -0.15) is 0 Å². The first-order chi connectivity index (χ1) is 9.95. The Kier molecular flexibility index (Phi) is 5.26. The van der Waals surface area contributed by atoms with Crippen LogP contribution in [-0.2, 0) is 14.8 Å². The summed E-state index contributed by atoms with van der Waals surface area (Å²) in [6.45, 7) is 0.693. The van der Waals surface area contributed by atoms with Crippen molar-refractivity contribution in [2.24, 2.45) is 0 Å². The fraction of sp³-hybridized carbons (Fsp3) is 0.462. The predicted octanol–water partition coefficient (Wildman–Crippen LogP) is 2.21. The van der Waals surface area contributed by atoms with Crippen LogP contribution in [0.15, 0.2) is 32.7 Å². The molecule has 21 heavy (non-hydrogen) atoms. The zero-order chi connectivity index (χ0) is 15.5. The van der Waals surface area contributed by atoms with Gasteiger partial charge in [-0.25, -0.2) is 17.7 Å². The lowest BCUT2D eigenvalue weighted by molar-refractivity contribution is 0.200. The molecule has 0 unspecified atom stereocenters. The van der Waals surface area contributed by atoms with Crippen molar-refractivity contribution in [3.05, 3.63) is 18.2 Å². The topological polar surface area (TPSA) is 72.6 Å². The van der Waals surface area contributed by atoms with E-state index in [2.05, 4.69) is 4.98 Å². The Bertz CT molecular complexity index is 710. The van der Waals surface area contributed by atoms with Gasteiger partial charge in [-0.05, 0) is 24.6 Å². The number of hydrogen-bond acceptors (Lipinski definition) is 6. The summed E-state index contributed by atoms with van der Waals surface area (Å²) in [6, 6.07) is 4.70. The van der Waals surface area contributed by atoms with Gasteiger partial charge in [-0.1, -0.05) is 11.8 Å². The molecule has 0 N–H and O–H groups in total. The van der Waals surface area contributed by atoms with Crippen LogP contribution in [-0.4, -0.2) is 51.3 Å². The van der Waals surface area contributed by atoms with Gasteiger partial charge in [0.05, 0.1) is 4.90 Å². The lowest BCUT2D eigenvalue weighted by Crippen LogP contribution is -2.22. The zero-order valence-corrected chi connectivity index (χ0v) is 13.8. The maximum Gasteiger partial charge on any atom is 0.256 e. The molecule has 0 radical (unpaired) electrons. The van der Waals surface area contributed by atoms with Crippen molar-refractivity contribution < 1.29 is 17.6 Å². The normalized spacial score (nSPS) is 12.4. The number of thioether (sulfide) groups is 1. The maximum atomic E-state index is 12.1. The number of ether oxygens (including phenoxy) is 1. The SMILES string of the molecule is COCCCSc1nc2cc(S(=O)(=O)N(C)C)ccc2o1. The van der Waals surface area contributed by atoms with Crippen LogP contribution < -0.4 is 0 Å². The van der Waals surface area contributed by atoms with Gasteiger partial charge in [0.2, 0.25) is 10.0 Å². The minimum Gasteiger partial charge on any atom is -0.431 e. The quantitative estimate of drug-likeness (QED) is 0.572. The van der Waals surface area contributed by atoms with Gasteiger partial charge in [0, 0.05) is 33.6 Å². The second-order valence-electron chi connectivity index (χ2n) is 4.59. The van der Waals surface area contributed by atoms with E-state index in [0.29, 0.717) is 22.9 Å². The fourth-order valence-electron chi connectivity index (χ4n) is 1.68. The highest BCUT2D eigenvalue weighted by atomic mass is 32.2. The van der Waals surface area contributed by atoms with Crippen LogP contribution in [0.1, 0.15) is 6.42 Å². The molecule has 0 aliphatic heterocycles. The molecule has 0 spiro atoms. The summed E-state index contributed by atoms with van der Waals surface area (Å²) in [4.78, 5) is 4.53. The monoisotopic (exact) mass is 330 g/mol. The van der Waals surface area contributed by atoms with Crippen LogP contribution in [0.4, 0.5) is 0 Å². The minimum absolute atomic E-state index is 0.212. The lowest BCUT2D eigenvalue weighted by atomic mass is 10.3. The molecule has 0 saturated heterocycles. The summed E-state index contributed by atoms with van der Waals surface area (Å²) in [5.74, 6) is 0.837. The molecule has 0 atom stereocenters. The van der Waals surface area contributed by atoms with Crippen molar-refractivity contribution in [1.29, 1.82) is 0 Å². The molecule has 0 saturated carbocycles. The van der Waals surface area contributed by atoms with E-state index in [4.69, 9.17) is 9.15 Å². The third-order valence-corrected chi connectivity index (χ3v) is 5.56. The first-order valence-corrected chi connectivity index (χ1v) is 8.82. The molecule has 1 heterocycles. The molecular formula is C13H18N2O4S2. The van der Waals surface area contributed by atoms with E-state index >= 15 is 0 Å². The number of rotatable bonds is 7. The van der Waals surface area contributed by atoms with Crippen molar-refractivity contribution in [2.75, 3.05) is 33.6 Å². The number of benzene rings is 1. The molecule has 2 aromatic rings. The molecule has 6 nitrogen and oxygen atoms in total. The van der Waals surface area contributed by atoms with Crippen LogP contribution in [0.25, 0.3) is 11.1 Å². The smallest absolute Gasteiger partial charge is 0.256 e. The van der Waals surface area contributed by atoms with E-state index in [0.717, 1.165) is 12.2 Å². The van der Waals surface area contributed by atoms with E-state index in [1.807, 2.05) is 0 Å². The summed E-state index contributed by atoms with van der Waals surface area (Å²) in [5.41, 5.74) is 1.13. The molecule has 0 aliphatic rings. The number of methoxy groups -OCH3 is 1. The van der Waals surface area contributed by atoms with E-state index in [-0.39, 0.29) is 4.90 Å². The third kappa shape index (κ3) is 3.76. The second-order valence-corrected chi connectivity index (χ2v) is 7.79. The Morgan fingerprint density at radius 2 is 2.14 bits per heavy atom. The Labute approximate surface area is 128 Å². The zero-order valence-electron chi connectivity index (χ0n) is 12.2. The number of aromatic nitrogens is 1. The lowest BCUT2D eigenvalue weighted by Gasteiger charge is -2.10. The van der Waals surface area contributed by atoms with Gasteiger partial charge >= 0.3 is 0 Å². The average Bonchev–Trinajstić information content (AvgIpc) is 2.85. The number of hydrogen-bond donors (Lipinski definition) is 0. The first kappa shape index (κ1) is 16.3. The van der Waals surface area contributed by atoms with Crippen molar-refractivity contribution >= 4 is 32.9 Å². The number of fused-ring (bicyclic) bond motifs is 1. The van der Waals surface area contributed by atoms with Gasteiger partial charge in [0.15, 0.2) is 5.58 Å². The second kappa shape index (κ2) is 6.78. The molecule has 1 aromatic heterocycles. The molecule has 0 amide bonds. The van der Waals surface area contributed by atoms with E-state index in [1.54, 1.807) is 13.2 Å². The van der Waals surface area contributed by atoms with Crippen LogP contribution in [0.2, 0.25) is 0 Å². The van der Waals surface area contributed by atoms with Gasteiger partial charge in [-0.15, -0.1) is 0 Å². The predicted molar refractivity (Wildman–Crippen MR) is 82.1 cm³/mol. The Balaban J connectivity index is 2.21. The average molecular weight is 330 g/mol. The molecule has 1 aromatic carbocycles. The standard InChI is InChI=1S/C13H18N2O4S2/c1-15(2)21(16,17)10-5-6-12-11(9-10)14-13(19-12)20-8-4-7-18-3/h5-6,9H,4,7-8H2,1-3H3. The summed E-state index contributed by atoms with van der Waals surface area (Å²) in [5, 5.41) is 0.542. The highest BCUT2D eigenvalue weighted by Gasteiger charge is 2.18. The van der Waals surface area contributed by atoms with Crippen LogP contribution in [0.5, 0.6) is 0 Å². The van der Waals surface area contributed by atoms with Crippen LogP contribution in [0.3, 0.4) is 0 Å². The van der Waals surface area contributed by atoms with Crippen molar-refractivity contribution in [3.63, 3.8) is 0 Å². The van der Waals surface area contributed by atoms with Gasteiger partial charge in [0.25, 0.3) is 5.22 Å². The van der Waals surface area contributed by atoms with Crippen molar-refractivity contribution in [3.8, 4) is 0 Å². The first-order valence-electron chi connectivity index (χ1n) is 6.40. The maximum absolute atomic E-state index is 12.1. The fourth-order valence-corrected chi connectivity index (χ4v) is 3.35.